The third kappa shape index (κ3) is 2.36. The lowest BCUT2D eigenvalue weighted by Crippen LogP contribution is -2.39. The van der Waals surface area contributed by atoms with Crippen molar-refractivity contribution in [2.75, 3.05) is 12.3 Å². The molecule has 0 amide bonds. The molecule has 3 heterocycles. The number of nitrogens with zero attached hydrogens (tertiary/aromatic N) is 4. The number of hydrogen-bond donors (Lipinski definition) is 4. The smallest absolute Gasteiger partial charge is 0.157 e. The van der Waals surface area contributed by atoms with Crippen molar-refractivity contribution in [3.05, 3.63) is 18.1 Å². The van der Waals surface area contributed by atoms with Crippen LogP contribution in [0.5, 0.6) is 0 Å². The molecule has 1 aliphatic rings. The second-order valence-corrected chi connectivity index (χ2v) is 6.46. The summed E-state index contributed by atoms with van der Waals surface area (Å²) in [7, 11) is 0. The largest absolute Gasteiger partial charge is 0.394 e. The molecule has 0 bridgehead atoms. The second kappa shape index (κ2) is 5.68. The monoisotopic (exact) mass is 340 g/mol. The van der Waals surface area contributed by atoms with Gasteiger partial charge in [-0.3, -0.25) is 0 Å². The number of anilines is 1. The minimum absolute atomic E-state index is 0.110. The standard InChI is InChI=1S/C13H17ClN6O3/c1-13(14)9(22)7(4-21)23-12(13)20-3-6(2-19-16)8-10(15)17-5-18-11(8)20/h3,5,7,9,12,16,21-22H,2,4H2,1H3,(H2,15,17,18)/t7?,9?,12-,13-/m1/s1. The van der Waals surface area contributed by atoms with Crippen LogP contribution in [-0.2, 0) is 11.3 Å². The molecule has 1 fully saturated rings. The van der Waals surface area contributed by atoms with Crippen LogP contribution in [0.1, 0.15) is 18.7 Å². The highest BCUT2D eigenvalue weighted by atomic mass is 35.5. The molecule has 0 spiro atoms. The van der Waals surface area contributed by atoms with Crippen LogP contribution in [0.2, 0.25) is 0 Å². The van der Waals surface area contributed by atoms with Crippen LogP contribution in [0.15, 0.2) is 17.6 Å². The van der Waals surface area contributed by atoms with Crippen LogP contribution < -0.4 is 5.73 Å². The van der Waals surface area contributed by atoms with Gasteiger partial charge in [0.05, 0.1) is 18.5 Å². The first-order valence-corrected chi connectivity index (χ1v) is 7.36. The van der Waals surface area contributed by atoms with E-state index in [2.05, 4.69) is 15.1 Å². The molecule has 0 radical (unpaired) electrons. The predicted octanol–water partition coefficient (Wildman–Crippen LogP) is 0.793. The number of rotatable bonds is 4. The zero-order chi connectivity index (χ0) is 16.8. The highest BCUT2D eigenvalue weighted by molar-refractivity contribution is 6.24. The molecule has 124 valence electrons. The van der Waals surface area contributed by atoms with E-state index in [1.54, 1.807) is 17.7 Å². The number of hydrogen-bond acceptors (Lipinski definition) is 8. The van der Waals surface area contributed by atoms with E-state index in [1.807, 2.05) is 0 Å². The summed E-state index contributed by atoms with van der Waals surface area (Å²) in [6.45, 7) is 1.38. The summed E-state index contributed by atoms with van der Waals surface area (Å²) >= 11 is 6.48. The number of nitrogens with one attached hydrogen (secondary N) is 1. The lowest BCUT2D eigenvalue weighted by Gasteiger charge is -2.26. The number of halogens is 1. The summed E-state index contributed by atoms with van der Waals surface area (Å²) in [4.78, 5) is 7.00. The van der Waals surface area contributed by atoms with Gasteiger partial charge in [-0.25, -0.2) is 15.5 Å². The molecule has 2 unspecified atom stereocenters. The van der Waals surface area contributed by atoms with Crippen LogP contribution >= 0.6 is 11.6 Å². The normalized spacial score (nSPS) is 30.9. The zero-order valence-electron chi connectivity index (χ0n) is 12.3. The van der Waals surface area contributed by atoms with E-state index < -0.39 is 23.3 Å². The number of alkyl halides is 1. The van der Waals surface area contributed by atoms with Crippen molar-refractivity contribution in [3.8, 4) is 0 Å². The molecule has 3 rings (SSSR count). The lowest BCUT2D eigenvalue weighted by atomic mass is 10.0. The van der Waals surface area contributed by atoms with Gasteiger partial charge in [0, 0.05) is 11.8 Å². The summed E-state index contributed by atoms with van der Waals surface area (Å²) in [6.07, 6.45) is 0.373. The number of fused-ring (bicyclic) bond motifs is 1. The van der Waals surface area contributed by atoms with Gasteiger partial charge in [0.25, 0.3) is 0 Å². The van der Waals surface area contributed by atoms with Crippen LogP contribution in [0.3, 0.4) is 0 Å². The Kier molecular flexibility index (Phi) is 3.96. The Morgan fingerprint density at radius 3 is 2.91 bits per heavy atom. The van der Waals surface area contributed by atoms with Crippen molar-refractivity contribution in [3.63, 3.8) is 0 Å². The van der Waals surface area contributed by atoms with E-state index in [0.29, 0.717) is 16.6 Å². The number of aliphatic hydroxyl groups is 2. The van der Waals surface area contributed by atoms with Crippen molar-refractivity contribution in [1.29, 1.82) is 5.53 Å². The number of aromatic nitrogens is 3. The summed E-state index contributed by atoms with van der Waals surface area (Å²) in [5.41, 5.74) is 14.1. The van der Waals surface area contributed by atoms with E-state index in [9.17, 15) is 10.2 Å². The van der Waals surface area contributed by atoms with Crippen molar-refractivity contribution in [2.24, 2.45) is 5.11 Å². The Bertz CT molecular complexity index is 749. The molecule has 1 aliphatic heterocycles. The molecule has 0 aromatic carbocycles. The second-order valence-electron chi connectivity index (χ2n) is 5.64. The third-order valence-corrected chi connectivity index (χ3v) is 4.53. The van der Waals surface area contributed by atoms with E-state index in [4.69, 9.17) is 27.6 Å². The van der Waals surface area contributed by atoms with Crippen LogP contribution in [-0.4, -0.2) is 48.4 Å². The topological polar surface area (TPSA) is 143 Å². The minimum Gasteiger partial charge on any atom is -0.394 e. The molecular formula is C13H17ClN6O3. The van der Waals surface area contributed by atoms with Crippen molar-refractivity contribution < 1.29 is 14.9 Å². The maximum Gasteiger partial charge on any atom is 0.157 e. The Morgan fingerprint density at radius 2 is 2.30 bits per heavy atom. The predicted molar refractivity (Wildman–Crippen MR) is 82.1 cm³/mol. The van der Waals surface area contributed by atoms with Crippen LogP contribution in [0.4, 0.5) is 5.82 Å². The van der Waals surface area contributed by atoms with E-state index in [1.165, 1.54) is 6.33 Å². The average molecular weight is 341 g/mol. The van der Waals surface area contributed by atoms with Crippen molar-refractivity contribution in [2.45, 2.75) is 36.8 Å². The number of aliphatic hydroxyl groups excluding tert-OH is 2. The van der Waals surface area contributed by atoms with Gasteiger partial charge in [0.2, 0.25) is 0 Å². The van der Waals surface area contributed by atoms with E-state index >= 15 is 0 Å². The van der Waals surface area contributed by atoms with Crippen molar-refractivity contribution >= 4 is 28.5 Å². The van der Waals surface area contributed by atoms with Gasteiger partial charge in [-0.15, -0.1) is 11.6 Å². The molecule has 2 aromatic heterocycles. The molecule has 9 nitrogen and oxygen atoms in total. The molecular weight excluding hydrogens is 324 g/mol. The third-order valence-electron chi connectivity index (χ3n) is 4.12. The van der Waals surface area contributed by atoms with Gasteiger partial charge >= 0.3 is 0 Å². The van der Waals surface area contributed by atoms with Gasteiger partial charge in [-0.1, -0.05) is 0 Å². The maximum absolute atomic E-state index is 10.2. The summed E-state index contributed by atoms with van der Waals surface area (Å²) < 4.78 is 7.35. The van der Waals surface area contributed by atoms with Crippen molar-refractivity contribution in [1.82, 2.24) is 14.5 Å². The Labute approximate surface area is 136 Å². The minimum atomic E-state index is -1.17. The van der Waals surface area contributed by atoms with Gasteiger partial charge in [0.15, 0.2) is 6.23 Å². The quantitative estimate of drug-likeness (QED) is 0.478. The van der Waals surface area contributed by atoms with Gasteiger partial charge in [-0.2, -0.15) is 5.11 Å². The fourth-order valence-electron chi connectivity index (χ4n) is 2.93. The average Bonchev–Trinajstić information content (AvgIpc) is 2.97. The SMILES string of the molecule is C[C@@]1(Cl)C(O)C(CO)O[C@H]1n1cc(CN=N)c2c(N)ncnc21. The molecule has 4 atom stereocenters. The van der Waals surface area contributed by atoms with E-state index in [0.717, 1.165) is 0 Å². The van der Waals surface area contributed by atoms with Crippen LogP contribution in [0, 0.1) is 5.53 Å². The highest BCUT2D eigenvalue weighted by Gasteiger charge is 2.53. The summed E-state index contributed by atoms with van der Waals surface area (Å²) in [6, 6.07) is 0. The van der Waals surface area contributed by atoms with Gasteiger partial charge in [0.1, 0.15) is 34.9 Å². The summed E-state index contributed by atoms with van der Waals surface area (Å²) in [5, 5.41) is 23.5. The Morgan fingerprint density at radius 1 is 1.57 bits per heavy atom. The molecule has 23 heavy (non-hydrogen) atoms. The molecule has 0 aliphatic carbocycles. The fourth-order valence-corrected chi connectivity index (χ4v) is 3.23. The first-order valence-electron chi connectivity index (χ1n) is 6.98. The maximum atomic E-state index is 10.2. The first kappa shape index (κ1) is 16.1. The van der Waals surface area contributed by atoms with Crippen LogP contribution in [0.25, 0.3) is 11.0 Å². The molecule has 1 saturated heterocycles. The Hall–Kier alpha value is -1.81. The van der Waals surface area contributed by atoms with Gasteiger partial charge < -0.3 is 25.3 Å². The molecule has 5 N–H and O–H groups in total. The number of nitrogens with two attached hydrogens (primary N) is 1. The highest BCUT2D eigenvalue weighted by Crippen LogP contribution is 2.45. The first-order chi connectivity index (χ1) is 10.9. The van der Waals surface area contributed by atoms with Gasteiger partial charge in [-0.05, 0) is 6.92 Å². The molecule has 10 heteroatoms. The zero-order valence-corrected chi connectivity index (χ0v) is 13.1. The molecule has 0 saturated carbocycles. The Balaban J connectivity index is 2.17. The number of ether oxygens (including phenoxy) is 1. The fraction of sp³-hybridized carbons (Fsp3) is 0.538. The lowest BCUT2D eigenvalue weighted by molar-refractivity contribution is -0.0439. The summed E-state index contributed by atoms with van der Waals surface area (Å²) in [5.74, 6) is 0.265. The van der Waals surface area contributed by atoms with E-state index in [-0.39, 0.29) is 19.0 Å². The number of nitrogen functional groups attached to an aromatic ring is 1. The molecule has 2 aromatic rings.